The minimum absolute atomic E-state index is 0.170. The van der Waals surface area contributed by atoms with E-state index in [9.17, 15) is 0 Å². The molecule has 0 fully saturated rings. The molecule has 2 aromatic heterocycles. The molecule has 0 amide bonds. The second-order valence-corrected chi connectivity index (χ2v) is 6.98. The van der Waals surface area contributed by atoms with E-state index in [2.05, 4.69) is 61.6 Å². The van der Waals surface area contributed by atoms with Crippen molar-refractivity contribution in [2.45, 2.75) is 32.2 Å². The van der Waals surface area contributed by atoms with Crippen molar-refractivity contribution in [1.29, 1.82) is 5.26 Å². The Hall–Kier alpha value is -2.39. The molecule has 2 heterocycles. The summed E-state index contributed by atoms with van der Waals surface area (Å²) in [4.78, 5) is 4.55. The molecule has 1 aromatic carbocycles. The fourth-order valence-electron chi connectivity index (χ4n) is 3.34. The van der Waals surface area contributed by atoms with Crippen molar-refractivity contribution >= 4 is 32.5 Å². The van der Waals surface area contributed by atoms with Gasteiger partial charge in [-0.15, -0.1) is 0 Å². The van der Waals surface area contributed by atoms with E-state index >= 15 is 0 Å². The first kappa shape index (κ1) is 15.2. The number of aromatic amines is 1. The van der Waals surface area contributed by atoms with Gasteiger partial charge in [0.05, 0.1) is 22.8 Å². The number of benzene rings is 1. The first-order valence-corrected chi connectivity index (χ1v) is 8.74. The molecule has 1 atom stereocenters. The second-order valence-electron chi connectivity index (χ2n) is 6.19. The van der Waals surface area contributed by atoms with Gasteiger partial charge in [0.15, 0.2) is 0 Å². The highest BCUT2D eigenvalue weighted by Gasteiger charge is 2.22. The van der Waals surface area contributed by atoms with E-state index in [-0.39, 0.29) is 6.04 Å². The standard InChI is InChI=1S/C18H16BrN5/c1-10-5-16-13(18(19)24-23-16)7-15(10)22-14-4-2-3-12-6-11(8-20)9-21-17(12)14/h5-7,9,14,22H,2-4H2,1H3,(H,23,24). The topological polar surface area (TPSA) is 77.4 Å². The van der Waals surface area contributed by atoms with Crippen LogP contribution in [-0.2, 0) is 6.42 Å². The molecule has 0 bridgehead atoms. The summed E-state index contributed by atoms with van der Waals surface area (Å²) >= 11 is 3.50. The number of hydrogen-bond acceptors (Lipinski definition) is 4. The molecule has 0 saturated heterocycles. The van der Waals surface area contributed by atoms with Gasteiger partial charge >= 0.3 is 0 Å². The fourth-order valence-corrected chi connectivity index (χ4v) is 3.75. The molecule has 120 valence electrons. The van der Waals surface area contributed by atoms with Crippen molar-refractivity contribution in [2.75, 3.05) is 5.32 Å². The Bertz CT molecular complexity index is 969. The summed E-state index contributed by atoms with van der Waals surface area (Å²) in [6.45, 7) is 2.08. The average molecular weight is 382 g/mol. The van der Waals surface area contributed by atoms with E-state index in [0.29, 0.717) is 5.56 Å². The molecule has 2 N–H and O–H groups in total. The van der Waals surface area contributed by atoms with Crippen LogP contribution in [0.25, 0.3) is 10.9 Å². The first-order chi connectivity index (χ1) is 11.7. The molecule has 3 aromatic rings. The maximum atomic E-state index is 9.06. The van der Waals surface area contributed by atoms with Crippen LogP contribution >= 0.6 is 15.9 Å². The normalized spacial score (nSPS) is 16.6. The Morgan fingerprint density at radius 3 is 3.08 bits per heavy atom. The lowest BCUT2D eigenvalue weighted by atomic mass is 9.90. The van der Waals surface area contributed by atoms with Crippen molar-refractivity contribution in [2.24, 2.45) is 0 Å². The summed E-state index contributed by atoms with van der Waals surface area (Å²) in [6, 6.07) is 8.52. The summed E-state index contributed by atoms with van der Waals surface area (Å²) in [7, 11) is 0. The Balaban J connectivity index is 1.71. The molecule has 4 rings (SSSR count). The molecule has 0 aliphatic heterocycles. The van der Waals surface area contributed by atoms with Crippen molar-refractivity contribution in [1.82, 2.24) is 15.2 Å². The van der Waals surface area contributed by atoms with E-state index in [1.54, 1.807) is 6.20 Å². The predicted octanol–water partition coefficient (Wildman–Crippen LogP) is 4.39. The van der Waals surface area contributed by atoms with Crippen LogP contribution in [0.1, 0.15) is 41.3 Å². The van der Waals surface area contributed by atoms with Gasteiger partial charge in [0.25, 0.3) is 0 Å². The van der Waals surface area contributed by atoms with Crippen molar-refractivity contribution in [3.63, 3.8) is 0 Å². The van der Waals surface area contributed by atoms with Crippen LogP contribution in [0, 0.1) is 18.3 Å². The SMILES string of the molecule is Cc1cc2n[nH]c(Br)c2cc1NC1CCCc2cc(C#N)cnc21. The van der Waals surface area contributed by atoms with Gasteiger partial charge in [-0.1, -0.05) is 0 Å². The predicted molar refractivity (Wildman–Crippen MR) is 96.8 cm³/mol. The van der Waals surface area contributed by atoms with Gasteiger partial charge in [-0.2, -0.15) is 10.4 Å². The number of halogens is 1. The van der Waals surface area contributed by atoms with Crippen molar-refractivity contribution in [3.05, 3.63) is 51.4 Å². The van der Waals surface area contributed by atoms with Crippen LogP contribution in [0.2, 0.25) is 0 Å². The van der Waals surface area contributed by atoms with E-state index in [1.165, 1.54) is 5.56 Å². The van der Waals surface area contributed by atoms with Gasteiger partial charge in [0.1, 0.15) is 10.7 Å². The minimum Gasteiger partial charge on any atom is -0.376 e. The van der Waals surface area contributed by atoms with Crippen LogP contribution in [0.5, 0.6) is 0 Å². The third-order valence-electron chi connectivity index (χ3n) is 4.58. The maximum Gasteiger partial charge on any atom is 0.108 e. The number of nitrogens with one attached hydrogen (secondary N) is 2. The minimum atomic E-state index is 0.170. The van der Waals surface area contributed by atoms with Gasteiger partial charge in [-0.3, -0.25) is 10.1 Å². The average Bonchev–Trinajstić information content (AvgIpc) is 2.95. The highest BCUT2D eigenvalue weighted by Crippen LogP contribution is 2.34. The van der Waals surface area contributed by atoms with Crippen LogP contribution < -0.4 is 5.32 Å². The molecule has 0 radical (unpaired) electrons. The molecular formula is C18H16BrN5. The Morgan fingerprint density at radius 2 is 2.25 bits per heavy atom. The lowest BCUT2D eigenvalue weighted by Crippen LogP contribution is -2.19. The molecular weight excluding hydrogens is 366 g/mol. The Morgan fingerprint density at radius 1 is 1.38 bits per heavy atom. The molecule has 1 aliphatic rings. The number of nitriles is 1. The third-order valence-corrected chi connectivity index (χ3v) is 5.19. The summed E-state index contributed by atoms with van der Waals surface area (Å²) in [6.07, 6.45) is 4.79. The van der Waals surface area contributed by atoms with E-state index < -0.39 is 0 Å². The van der Waals surface area contributed by atoms with Crippen LogP contribution in [0.3, 0.4) is 0 Å². The monoisotopic (exact) mass is 381 g/mol. The molecule has 0 saturated carbocycles. The zero-order valence-corrected chi connectivity index (χ0v) is 14.8. The quantitative estimate of drug-likeness (QED) is 0.689. The lowest BCUT2D eigenvalue weighted by molar-refractivity contribution is 0.583. The highest BCUT2D eigenvalue weighted by atomic mass is 79.9. The molecule has 1 unspecified atom stereocenters. The summed E-state index contributed by atoms with van der Waals surface area (Å²) in [5.41, 5.74) is 6.07. The van der Waals surface area contributed by atoms with Gasteiger partial charge in [-0.25, -0.2) is 0 Å². The number of rotatable bonds is 2. The first-order valence-electron chi connectivity index (χ1n) is 7.95. The number of nitrogens with zero attached hydrogens (tertiary/aromatic N) is 3. The number of aromatic nitrogens is 3. The summed E-state index contributed by atoms with van der Waals surface area (Å²) in [5, 5.41) is 21.0. The van der Waals surface area contributed by atoms with Gasteiger partial charge in [0.2, 0.25) is 0 Å². The van der Waals surface area contributed by atoms with Crippen LogP contribution in [0.4, 0.5) is 5.69 Å². The maximum absolute atomic E-state index is 9.06. The largest absolute Gasteiger partial charge is 0.376 e. The fraction of sp³-hybridized carbons (Fsp3) is 0.278. The number of hydrogen-bond donors (Lipinski definition) is 2. The Labute approximate surface area is 148 Å². The molecule has 1 aliphatic carbocycles. The molecule has 5 nitrogen and oxygen atoms in total. The second kappa shape index (κ2) is 5.91. The highest BCUT2D eigenvalue weighted by molar-refractivity contribution is 9.10. The number of fused-ring (bicyclic) bond motifs is 2. The molecule has 0 spiro atoms. The number of aryl methyl sites for hydroxylation is 2. The van der Waals surface area contributed by atoms with Crippen molar-refractivity contribution in [3.8, 4) is 6.07 Å². The third kappa shape index (κ3) is 2.55. The van der Waals surface area contributed by atoms with Crippen LogP contribution in [-0.4, -0.2) is 15.2 Å². The van der Waals surface area contributed by atoms with Crippen LogP contribution in [0.15, 0.2) is 29.0 Å². The molecule has 6 heteroatoms. The number of H-pyrrole nitrogens is 1. The van der Waals surface area contributed by atoms with Gasteiger partial charge < -0.3 is 5.32 Å². The Kier molecular flexibility index (Phi) is 3.73. The van der Waals surface area contributed by atoms with Crippen molar-refractivity contribution < 1.29 is 0 Å². The lowest BCUT2D eigenvalue weighted by Gasteiger charge is -2.27. The molecule has 24 heavy (non-hydrogen) atoms. The van der Waals surface area contributed by atoms with E-state index in [1.807, 2.05) is 6.07 Å². The van der Waals surface area contributed by atoms with E-state index in [4.69, 9.17) is 5.26 Å². The zero-order valence-electron chi connectivity index (χ0n) is 13.2. The van der Waals surface area contributed by atoms with E-state index in [0.717, 1.165) is 51.7 Å². The number of anilines is 1. The van der Waals surface area contributed by atoms with Gasteiger partial charge in [0, 0.05) is 17.3 Å². The summed E-state index contributed by atoms with van der Waals surface area (Å²) in [5.74, 6) is 0. The van der Waals surface area contributed by atoms with Gasteiger partial charge in [-0.05, 0) is 71.4 Å². The smallest absolute Gasteiger partial charge is 0.108 e. The number of pyridine rings is 1. The zero-order chi connectivity index (χ0) is 16.7. The summed E-state index contributed by atoms with van der Waals surface area (Å²) < 4.78 is 0.890.